The number of ether oxygens (including phenoxy) is 5. The lowest BCUT2D eigenvalue weighted by Gasteiger charge is -2.58. The van der Waals surface area contributed by atoms with Gasteiger partial charge in [-0.15, -0.1) is 0 Å². The molecule has 2 aliphatic carbocycles. The summed E-state index contributed by atoms with van der Waals surface area (Å²) in [6, 6.07) is 0. The molecule has 36 heavy (non-hydrogen) atoms. The second-order valence-electron chi connectivity index (χ2n) is 11.0. The number of carbonyl (C=O) groups excluding carboxylic acids is 3. The molecular weight excluding hydrogens is 468 g/mol. The van der Waals surface area contributed by atoms with Gasteiger partial charge < -0.3 is 28.8 Å². The molecule has 5 aliphatic rings. The molecule has 1 unspecified atom stereocenters. The Balaban J connectivity index is 1.52. The molecule has 0 aromatic heterocycles. The van der Waals surface area contributed by atoms with E-state index in [1.807, 2.05) is 0 Å². The van der Waals surface area contributed by atoms with Crippen molar-refractivity contribution in [3.05, 3.63) is 36.0 Å². The Bertz CT molecular complexity index is 1020. The fraction of sp³-hybridized carbons (Fsp3) is 0.667. The second kappa shape index (κ2) is 9.11. The van der Waals surface area contributed by atoms with Crippen molar-refractivity contribution < 1.29 is 43.2 Å². The van der Waals surface area contributed by atoms with Crippen LogP contribution in [0.1, 0.15) is 46.5 Å². The Morgan fingerprint density at radius 3 is 2.47 bits per heavy atom. The van der Waals surface area contributed by atoms with Crippen LogP contribution < -0.4 is 0 Å². The highest BCUT2D eigenvalue weighted by atomic mass is 16.6. The summed E-state index contributed by atoms with van der Waals surface area (Å²) in [7, 11) is 0. The molecule has 196 valence electrons. The standard InChI is InChI=1S/C27H34O9/c1-16-8-10-26-14-33-24(31)23(30)17(2)9-11-32-21(28)6-4-5-7-22(29)36-18-13-20(35-19(26)12-16)27(15-34-27)25(18,26)3/h4-7,12,17-20,23,30H,8-11,13-15H2,1-3H3/b6-4+,7-5-/t17-,18-,19-,20-,23+,25-,26-,27?/m1/s1. The molecule has 1 saturated carbocycles. The molecular formula is C27H34O9. The first-order valence-electron chi connectivity index (χ1n) is 12.7. The molecule has 0 radical (unpaired) electrons. The average Bonchev–Trinajstić information content (AvgIpc) is 3.62. The van der Waals surface area contributed by atoms with Gasteiger partial charge in [-0.1, -0.05) is 37.6 Å². The third-order valence-corrected chi connectivity index (χ3v) is 9.12. The highest BCUT2D eigenvalue weighted by Gasteiger charge is 2.83. The number of rotatable bonds is 0. The first-order chi connectivity index (χ1) is 17.1. The van der Waals surface area contributed by atoms with E-state index in [1.165, 1.54) is 29.9 Å². The van der Waals surface area contributed by atoms with Crippen molar-refractivity contribution in [1.29, 1.82) is 0 Å². The van der Waals surface area contributed by atoms with Crippen LogP contribution in [0.2, 0.25) is 0 Å². The molecule has 2 saturated heterocycles. The molecule has 3 fully saturated rings. The number of carbonyl (C=O) groups is 3. The van der Waals surface area contributed by atoms with Crippen LogP contribution >= 0.6 is 0 Å². The summed E-state index contributed by atoms with van der Waals surface area (Å²) in [6.45, 7) is 6.34. The molecule has 0 aromatic carbocycles. The maximum absolute atomic E-state index is 12.9. The van der Waals surface area contributed by atoms with Crippen LogP contribution in [0.4, 0.5) is 0 Å². The lowest BCUT2D eigenvalue weighted by Crippen LogP contribution is -2.66. The maximum Gasteiger partial charge on any atom is 0.335 e. The highest BCUT2D eigenvalue weighted by Crippen LogP contribution is 2.72. The van der Waals surface area contributed by atoms with Gasteiger partial charge in [-0.05, 0) is 32.1 Å². The quantitative estimate of drug-likeness (QED) is 0.230. The van der Waals surface area contributed by atoms with Gasteiger partial charge in [-0.25, -0.2) is 14.4 Å². The lowest BCUT2D eigenvalue weighted by molar-refractivity contribution is -0.234. The molecule has 3 heterocycles. The first kappa shape index (κ1) is 25.2. The van der Waals surface area contributed by atoms with Crippen molar-refractivity contribution in [3.63, 3.8) is 0 Å². The zero-order valence-corrected chi connectivity index (χ0v) is 20.9. The second-order valence-corrected chi connectivity index (χ2v) is 11.0. The van der Waals surface area contributed by atoms with E-state index < -0.39 is 52.5 Å². The summed E-state index contributed by atoms with van der Waals surface area (Å²) in [5, 5.41) is 10.6. The maximum atomic E-state index is 12.9. The number of hydrogen-bond acceptors (Lipinski definition) is 9. The summed E-state index contributed by atoms with van der Waals surface area (Å²) in [5.74, 6) is -2.34. The summed E-state index contributed by atoms with van der Waals surface area (Å²) < 4.78 is 29.6. The Kier molecular flexibility index (Phi) is 6.37. The van der Waals surface area contributed by atoms with E-state index in [1.54, 1.807) is 6.92 Å². The molecule has 0 aromatic rings. The average molecular weight is 503 g/mol. The van der Waals surface area contributed by atoms with Gasteiger partial charge in [-0.3, -0.25) is 0 Å². The van der Waals surface area contributed by atoms with E-state index in [-0.39, 0.29) is 31.8 Å². The predicted molar refractivity (Wildman–Crippen MR) is 125 cm³/mol. The monoisotopic (exact) mass is 502 g/mol. The fourth-order valence-electron chi connectivity index (χ4n) is 6.65. The van der Waals surface area contributed by atoms with Gasteiger partial charge in [0.05, 0.1) is 30.8 Å². The van der Waals surface area contributed by atoms with Crippen LogP contribution in [0.5, 0.6) is 0 Å². The van der Waals surface area contributed by atoms with Crippen LogP contribution in [0.3, 0.4) is 0 Å². The molecule has 9 heteroatoms. The SMILES string of the molecule is CC1=C[C@H]2O[C@@H]3C[C@H]4OC(=O)/C=C\C=C\C(=O)OCC[C@@H](C)[C@H](O)C(=O)OC[C@@]2(CC1)[C@]4(C)C31CO1. The van der Waals surface area contributed by atoms with Crippen molar-refractivity contribution in [1.82, 2.24) is 0 Å². The van der Waals surface area contributed by atoms with Crippen LogP contribution in [0, 0.1) is 16.7 Å². The van der Waals surface area contributed by atoms with Crippen LogP contribution in [0.15, 0.2) is 36.0 Å². The van der Waals surface area contributed by atoms with Crippen LogP contribution in [0.25, 0.3) is 0 Å². The Labute approximate surface area is 210 Å². The zero-order chi connectivity index (χ0) is 25.7. The Morgan fingerprint density at radius 2 is 1.75 bits per heavy atom. The van der Waals surface area contributed by atoms with Crippen LogP contribution in [-0.4, -0.2) is 72.9 Å². The number of esters is 3. The number of epoxide rings is 1. The number of aliphatic hydroxyl groups excluding tert-OH is 1. The van der Waals surface area contributed by atoms with Crippen molar-refractivity contribution in [2.24, 2.45) is 16.7 Å². The van der Waals surface area contributed by atoms with E-state index >= 15 is 0 Å². The van der Waals surface area contributed by atoms with E-state index in [9.17, 15) is 19.5 Å². The third-order valence-electron chi connectivity index (χ3n) is 9.12. The molecule has 3 aliphatic heterocycles. The predicted octanol–water partition coefficient (Wildman–Crippen LogP) is 2.17. The lowest BCUT2D eigenvalue weighted by atomic mass is 9.51. The van der Waals surface area contributed by atoms with Crippen molar-refractivity contribution in [2.75, 3.05) is 19.8 Å². The number of aliphatic hydroxyl groups is 1. The van der Waals surface area contributed by atoms with E-state index in [0.29, 0.717) is 19.4 Å². The summed E-state index contributed by atoms with van der Waals surface area (Å²) in [4.78, 5) is 37.6. The molecule has 9 nitrogen and oxygen atoms in total. The molecule has 1 N–H and O–H groups in total. The molecule has 2 bridgehead atoms. The topological polar surface area (TPSA) is 121 Å². The van der Waals surface area contributed by atoms with E-state index in [2.05, 4.69) is 19.9 Å². The van der Waals surface area contributed by atoms with Gasteiger partial charge in [0.15, 0.2) is 6.10 Å². The van der Waals surface area contributed by atoms with Crippen molar-refractivity contribution in [2.45, 2.75) is 76.5 Å². The minimum absolute atomic E-state index is 0.00000344. The third kappa shape index (κ3) is 3.83. The Morgan fingerprint density at radius 1 is 1.03 bits per heavy atom. The van der Waals surface area contributed by atoms with Gasteiger partial charge in [0.1, 0.15) is 18.3 Å². The van der Waals surface area contributed by atoms with Gasteiger partial charge in [0.2, 0.25) is 0 Å². The van der Waals surface area contributed by atoms with Gasteiger partial charge in [0, 0.05) is 24.0 Å². The van der Waals surface area contributed by atoms with Gasteiger partial charge >= 0.3 is 17.9 Å². The van der Waals surface area contributed by atoms with Crippen LogP contribution in [-0.2, 0) is 38.1 Å². The normalized spacial score (nSPS) is 46.8. The number of hydrogen-bond donors (Lipinski definition) is 1. The number of allylic oxidation sites excluding steroid dienone is 3. The van der Waals surface area contributed by atoms with Crippen molar-refractivity contribution >= 4 is 17.9 Å². The number of cyclic esters (lactones) is 2. The molecule has 0 amide bonds. The zero-order valence-electron chi connectivity index (χ0n) is 20.9. The molecule has 2 spiro atoms. The van der Waals surface area contributed by atoms with E-state index in [0.717, 1.165) is 6.42 Å². The molecule has 8 atom stereocenters. The summed E-state index contributed by atoms with van der Waals surface area (Å²) in [5.41, 5.74) is -0.820. The minimum Gasteiger partial charge on any atom is -0.463 e. The smallest absolute Gasteiger partial charge is 0.335 e. The Hall–Kier alpha value is -2.49. The van der Waals surface area contributed by atoms with E-state index in [4.69, 9.17) is 23.7 Å². The minimum atomic E-state index is -1.37. The largest absolute Gasteiger partial charge is 0.463 e. The fourth-order valence-corrected chi connectivity index (χ4v) is 6.65. The first-order valence-corrected chi connectivity index (χ1v) is 12.7. The van der Waals surface area contributed by atoms with Gasteiger partial charge in [-0.2, -0.15) is 0 Å². The molecule has 5 rings (SSSR count). The van der Waals surface area contributed by atoms with Crippen molar-refractivity contribution in [3.8, 4) is 0 Å². The summed E-state index contributed by atoms with van der Waals surface area (Å²) >= 11 is 0. The summed E-state index contributed by atoms with van der Waals surface area (Å²) in [6.07, 6.45) is 7.11. The highest BCUT2D eigenvalue weighted by molar-refractivity contribution is 5.84. The van der Waals surface area contributed by atoms with Gasteiger partial charge in [0.25, 0.3) is 0 Å².